The van der Waals surface area contributed by atoms with Crippen molar-refractivity contribution in [2.45, 2.75) is 19.4 Å². The van der Waals surface area contributed by atoms with Crippen molar-refractivity contribution in [3.05, 3.63) is 54.2 Å². The van der Waals surface area contributed by atoms with Crippen molar-refractivity contribution >= 4 is 22.5 Å². The number of hydrogen-bond donors (Lipinski definition) is 1. The molecule has 0 saturated carbocycles. The zero-order chi connectivity index (χ0) is 17.4. The van der Waals surface area contributed by atoms with Crippen molar-refractivity contribution < 1.29 is 4.79 Å². The molecule has 0 unspecified atom stereocenters. The molecule has 0 aliphatic carbocycles. The molecule has 0 radical (unpaired) electrons. The van der Waals surface area contributed by atoms with Gasteiger partial charge in [0.15, 0.2) is 0 Å². The summed E-state index contributed by atoms with van der Waals surface area (Å²) in [6, 6.07) is 15.2. The van der Waals surface area contributed by atoms with Crippen LogP contribution in [0.4, 0.5) is 5.69 Å². The molecule has 0 atom stereocenters. The first-order valence-corrected chi connectivity index (χ1v) is 8.77. The van der Waals surface area contributed by atoms with Crippen molar-refractivity contribution in [2.24, 2.45) is 0 Å². The molecular formula is C21H23N3O. The highest BCUT2D eigenvalue weighted by Crippen LogP contribution is 2.30. The molecule has 2 heterocycles. The molecule has 0 saturated heterocycles. The molecule has 1 aliphatic rings. The molecule has 4 nitrogen and oxygen atoms in total. The Hall–Kier alpha value is -2.59. The van der Waals surface area contributed by atoms with Crippen LogP contribution in [0.25, 0.3) is 22.0 Å². The standard InChI is InChI=1S/C21H23N3O/c1-23(2)11-12-24-10-9-15-3-4-17(14-20(15)24)16-5-7-19-18(13-16)6-8-21(25)22-19/h3-5,7,9-10,13-14H,6,8,11-12H2,1-2H3,(H,22,25). The van der Waals surface area contributed by atoms with Crippen LogP contribution in [0.15, 0.2) is 48.7 Å². The Labute approximate surface area is 148 Å². The Morgan fingerprint density at radius 1 is 1.04 bits per heavy atom. The number of amides is 1. The highest BCUT2D eigenvalue weighted by Gasteiger charge is 2.15. The topological polar surface area (TPSA) is 37.3 Å². The van der Waals surface area contributed by atoms with E-state index in [9.17, 15) is 4.79 Å². The molecule has 0 spiro atoms. The fourth-order valence-corrected chi connectivity index (χ4v) is 3.43. The molecule has 2 aromatic carbocycles. The summed E-state index contributed by atoms with van der Waals surface area (Å²) in [5.41, 5.74) is 5.87. The number of aromatic nitrogens is 1. The van der Waals surface area contributed by atoms with E-state index in [4.69, 9.17) is 0 Å². The molecular weight excluding hydrogens is 310 g/mol. The van der Waals surface area contributed by atoms with Crippen molar-refractivity contribution in [2.75, 3.05) is 26.0 Å². The van der Waals surface area contributed by atoms with Gasteiger partial charge in [0.1, 0.15) is 0 Å². The quantitative estimate of drug-likeness (QED) is 0.789. The Kier molecular flexibility index (Phi) is 4.06. The Morgan fingerprint density at radius 3 is 2.68 bits per heavy atom. The molecule has 4 rings (SSSR count). The highest BCUT2D eigenvalue weighted by atomic mass is 16.1. The van der Waals surface area contributed by atoms with Crippen LogP contribution in [0.3, 0.4) is 0 Å². The van der Waals surface area contributed by atoms with Crippen LogP contribution >= 0.6 is 0 Å². The van der Waals surface area contributed by atoms with E-state index in [2.05, 4.69) is 71.5 Å². The molecule has 1 amide bonds. The van der Waals surface area contributed by atoms with Gasteiger partial charge in [0.2, 0.25) is 5.91 Å². The first-order chi connectivity index (χ1) is 12.1. The average molecular weight is 333 g/mol. The molecule has 1 aromatic heterocycles. The second-order valence-electron chi connectivity index (χ2n) is 7.01. The van der Waals surface area contributed by atoms with Gasteiger partial charge >= 0.3 is 0 Å². The molecule has 1 N–H and O–H groups in total. The lowest BCUT2D eigenvalue weighted by Crippen LogP contribution is -2.18. The van der Waals surface area contributed by atoms with Gasteiger partial charge in [-0.2, -0.15) is 0 Å². The average Bonchev–Trinajstić information content (AvgIpc) is 3.01. The van der Waals surface area contributed by atoms with Crippen LogP contribution < -0.4 is 5.32 Å². The van der Waals surface area contributed by atoms with E-state index in [1.807, 2.05) is 6.07 Å². The lowest BCUT2D eigenvalue weighted by atomic mass is 9.96. The fourth-order valence-electron chi connectivity index (χ4n) is 3.43. The summed E-state index contributed by atoms with van der Waals surface area (Å²) in [7, 11) is 4.20. The normalized spacial score (nSPS) is 14.0. The Bertz CT molecular complexity index is 939. The zero-order valence-electron chi connectivity index (χ0n) is 14.7. The van der Waals surface area contributed by atoms with Gasteiger partial charge in [-0.25, -0.2) is 0 Å². The van der Waals surface area contributed by atoms with Crippen LogP contribution in [-0.4, -0.2) is 36.0 Å². The van der Waals surface area contributed by atoms with Gasteiger partial charge in [0.25, 0.3) is 0 Å². The summed E-state index contributed by atoms with van der Waals surface area (Å²) in [6.45, 7) is 2.00. The number of nitrogens with zero attached hydrogens (tertiary/aromatic N) is 2. The minimum atomic E-state index is 0.111. The molecule has 25 heavy (non-hydrogen) atoms. The van der Waals surface area contributed by atoms with Crippen LogP contribution in [0.1, 0.15) is 12.0 Å². The first kappa shape index (κ1) is 15.9. The van der Waals surface area contributed by atoms with E-state index in [0.29, 0.717) is 6.42 Å². The van der Waals surface area contributed by atoms with Gasteiger partial charge in [-0.1, -0.05) is 18.2 Å². The van der Waals surface area contributed by atoms with Crippen LogP contribution in [0.5, 0.6) is 0 Å². The second kappa shape index (κ2) is 6.37. The van der Waals surface area contributed by atoms with Crippen molar-refractivity contribution in [3.63, 3.8) is 0 Å². The van der Waals surface area contributed by atoms with E-state index in [-0.39, 0.29) is 5.91 Å². The maximum Gasteiger partial charge on any atom is 0.224 e. The SMILES string of the molecule is CN(C)CCn1ccc2ccc(-c3ccc4c(c3)CCC(=O)N4)cc21. The smallest absolute Gasteiger partial charge is 0.224 e. The van der Waals surface area contributed by atoms with Crippen LogP contribution in [-0.2, 0) is 17.8 Å². The minimum absolute atomic E-state index is 0.111. The molecule has 4 heteroatoms. The lowest BCUT2D eigenvalue weighted by molar-refractivity contribution is -0.116. The van der Waals surface area contributed by atoms with Gasteiger partial charge < -0.3 is 14.8 Å². The summed E-state index contributed by atoms with van der Waals surface area (Å²) in [6.07, 6.45) is 3.56. The largest absolute Gasteiger partial charge is 0.346 e. The van der Waals surface area contributed by atoms with Crippen LogP contribution in [0, 0.1) is 0 Å². The number of likely N-dealkylation sites (N-methyl/N-ethyl adjacent to an activating group) is 1. The van der Waals surface area contributed by atoms with E-state index >= 15 is 0 Å². The predicted octanol–water partition coefficient (Wildman–Crippen LogP) is 3.75. The predicted molar refractivity (Wildman–Crippen MR) is 103 cm³/mol. The van der Waals surface area contributed by atoms with Gasteiger partial charge in [0.05, 0.1) is 0 Å². The summed E-state index contributed by atoms with van der Waals surface area (Å²) in [4.78, 5) is 13.7. The van der Waals surface area contributed by atoms with Crippen molar-refractivity contribution in [3.8, 4) is 11.1 Å². The van der Waals surface area contributed by atoms with Gasteiger partial charge in [-0.15, -0.1) is 0 Å². The molecule has 1 aliphatic heterocycles. The van der Waals surface area contributed by atoms with Gasteiger partial charge in [0, 0.05) is 36.9 Å². The van der Waals surface area contributed by atoms with Crippen molar-refractivity contribution in [1.82, 2.24) is 9.47 Å². The highest BCUT2D eigenvalue weighted by molar-refractivity contribution is 5.94. The second-order valence-corrected chi connectivity index (χ2v) is 7.01. The number of hydrogen-bond acceptors (Lipinski definition) is 2. The number of fused-ring (bicyclic) bond motifs is 2. The first-order valence-electron chi connectivity index (χ1n) is 8.77. The number of carbonyl (C=O) groups is 1. The summed E-state index contributed by atoms with van der Waals surface area (Å²) in [5.74, 6) is 0.111. The number of anilines is 1. The number of benzene rings is 2. The third kappa shape index (κ3) is 3.17. The fraction of sp³-hybridized carbons (Fsp3) is 0.286. The van der Waals surface area contributed by atoms with E-state index in [0.717, 1.165) is 25.2 Å². The molecule has 0 bridgehead atoms. The number of carbonyl (C=O) groups excluding carboxylic acids is 1. The monoisotopic (exact) mass is 333 g/mol. The summed E-state index contributed by atoms with van der Waals surface area (Å²) < 4.78 is 2.32. The summed E-state index contributed by atoms with van der Waals surface area (Å²) in [5, 5.41) is 4.22. The number of aryl methyl sites for hydroxylation is 1. The van der Waals surface area contributed by atoms with Crippen LogP contribution in [0.2, 0.25) is 0 Å². The molecule has 0 fully saturated rings. The maximum absolute atomic E-state index is 11.5. The summed E-state index contributed by atoms with van der Waals surface area (Å²) >= 11 is 0. The Morgan fingerprint density at radius 2 is 1.84 bits per heavy atom. The number of nitrogens with one attached hydrogen (secondary N) is 1. The number of rotatable bonds is 4. The van der Waals surface area contributed by atoms with Gasteiger partial charge in [-0.05, 0) is 66.9 Å². The van der Waals surface area contributed by atoms with Crippen molar-refractivity contribution in [1.29, 1.82) is 0 Å². The third-order valence-electron chi connectivity index (χ3n) is 4.90. The zero-order valence-corrected chi connectivity index (χ0v) is 14.7. The third-order valence-corrected chi connectivity index (χ3v) is 4.90. The lowest BCUT2D eigenvalue weighted by Gasteiger charge is -2.18. The molecule has 128 valence electrons. The minimum Gasteiger partial charge on any atom is -0.346 e. The molecule has 3 aromatic rings. The Balaban J connectivity index is 1.69. The maximum atomic E-state index is 11.5. The van der Waals surface area contributed by atoms with E-state index in [1.54, 1.807) is 0 Å². The van der Waals surface area contributed by atoms with Gasteiger partial charge in [-0.3, -0.25) is 4.79 Å². The van der Waals surface area contributed by atoms with E-state index < -0.39 is 0 Å². The van der Waals surface area contributed by atoms with E-state index in [1.165, 1.54) is 27.6 Å².